The average Bonchev–Trinajstić information content (AvgIpc) is 2.78. The number of carbonyl (C=O) groups is 2. The third-order valence-electron chi connectivity index (χ3n) is 5.10. The Bertz CT molecular complexity index is 604. The molecule has 4 atom stereocenters. The number of benzene rings is 1. The summed E-state index contributed by atoms with van der Waals surface area (Å²) >= 11 is 2.20. The molecule has 1 aromatic carbocycles. The fourth-order valence-corrected chi connectivity index (χ4v) is 4.20. The van der Waals surface area contributed by atoms with Crippen LogP contribution in [0.25, 0.3) is 0 Å². The van der Waals surface area contributed by atoms with Crippen LogP contribution in [0.4, 0.5) is 0 Å². The molecular formula is C17H21IN2O3. The molecule has 1 aromatic rings. The number of fused-ring (bicyclic) bond motifs is 2. The summed E-state index contributed by atoms with van der Waals surface area (Å²) in [6.45, 7) is 0. The van der Waals surface area contributed by atoms with E-state index in [-0.39, 0.29) is 29.9 Å². The summed E-state index contributed by atoms with van der Waals surface area (Å²) in [5.74, 6) is -0.677. The Morgan fingerprint density at radius 3 is 2.61 bits per heavy atom. The van der Waals surface area contributed by atoms with Crippen molar-refractivity contribution in [1.82, 2.24) is 10.2 Å². The highest BCUT2D eigenvalue weighted by Crippen LogP contribution is 2.39. The smallest absolute Gasteiger partial charge is 0.338 e. The lowest BCUT2D eigenvalue weighted by atomic mass is 9.86. The highest BCUT2D eigenvalue weighted by molar-refractivity contribution is 14.1. The van der Waals surface area contributed by atoms with Gasteiger partial charge in [0.1, 0.15) is 6.10 Å². The molecule has 1 amide bonds. The third kappa shape index (κ3) is 3.24. The van der Waals surface area contributed by atoms with E-state index in [1.807, 2.05) is 12.1 Å². The summed E-state index contributed by atoms with van der Waals surface area (Å²) in [5.41, 5.74) is 0.535. The van der Waals surface area contributed by atoms with Gasteiger partial charge in [-0.3, -0.25) is 9.69 Å². The van der Waals surface area contributed by atoms with Crippen molar-refractivity contribution in [3.63, 3.8) is 0 Å². The fraction of sp³-hybridized carbons (Fsp3) is 0.529. The predicted octanol–water partition coefficient (Wildman–Crippen LogP) is 2.05. The Kier molecular flexibility index (Phi) is 4.91. The number of hydrogen-bond acceptors (Lipinski definition) is 4. The van der Waals surface area contributed by atoms with Crippen molar-refractivity contribution in [3.8, 4) is 0 Å². The maximum atomic E-state index is 12.4. The normalized spacial score (nSPS) is 30.0. The summed E-state index contributed by atoms with van der Waals surface area (Å²) in [7, 11) is 3.71. The van der Waals surface area contributed by atoms with Gasteiger partial charge < -0.3 is 10.1 Å². The molecule has 0 saturated carbocycles. The van der Waals surface area contributed by atoms with Crippen LogP contribution in [-0.2, 0) is 9.53 Å². The number of hydrogen-bond donors (Lipinski definition) is 1. The van der Waals surface area contributed by atoms with Crippen molar-refractivity contribution in [3.05, 3.63) is 33.4 Å². The van der Waals surface area contributed by atoms with Crippen LogP contribution in [0.5, 0.6) is 0 Å². The summed E-state index contributed by atoms with van der Waals surface area (Å²) in [5, 5.41) is 2.73. The molecule has 0 aliphatic carbocycles. The van der Waals surface area contributed by atoms with Gasteiger partial charge in [0.2, 0.25) is 5.91 Å². The first-order chi connectivity index (χ1) is 11.0. The Hall–Kier alpha value is -1.15. The van der Waals surface area contributed by atoms with Gasteiger partial charge in [-0.05, 0) is 66.7 Å². The molecule has 1 N–H and O–H groups in total. The zero-order valence-electron chi connectivity index (χ0n) is 13.3. The third-order valence-corrected chi connectivity index (χ3v) is 5.82. The van der Waals surface area contributed by atoms with E-state index in [0.717, 1.165) is 22.8 Å². The van der Waals surface area contributed by atoms with Gasteiger partial charge in [-0.2, -0.15) is 0 Å². The van der Waals surface area contributed by atoms with Crippen LogP contribution < -0.4 is 5.32 Å². The Balaban J connectivity index is 1.78. The number of piperidine rings is 1. The molecule has 3 rings (SSSR count). The lowest BCUT2D eigenvalue weighted by molar-refractivity contribution is -0.134. The number of amides is 1. The van der Waals surface area contributed by atoms with Gasteiger partial charge in [0.15, 0.2) is 0 Å². The standard InChI is InChI=1S/C17H21IN2O3/c1-19-16(21)15-13-8-7-12(20(13)2)9-14(15)23-17(22)10-3-5-11(18)6-4-10/h3-6,12-15H,7-9H2,1-2H3,(H,19,21)/t12-,13+,14-,15+/m0/s1. The molecule has 2 aliphatic heterocycles. The molecule has 2 fully saturated rings. The SMILES string of the molecule is CNC(=O)[C@H]1[C@@H](OC(=O)c2ccc(I)cc2)C[C@@H]2CC[C@H]1N2C. The second kappa shape index (κ2) is 6.76. The van der Waals surface area contributed by atoms with E-state index in [4.69, 9.17) is 4.74 Å². The molecule has 0 spiro atoms. The molecule has 2 heterocycles. The summed E-state index contributed by atoms with van der Waals surface area (Å²) in [6, 6.07) is 7.85. The van der Waals surface area contributed by atoms with Gasteiger partial charge in [-0.15, -0.1) is 0 Å². The summed E-state index contributed by atoms with van der Waals surface area (Å²) in [4.78, 5) is 27.0. The Morgan fingerprint density at radius 1 is 1.26 bits per heavy atom. The minimum Gasteiger partial charge on any atom is -0.458 e. The van der Waals surface area contributed by atoms with E-state index >= 15 is 0 Å². The van der Waals surface area contributed by atoms with E-state index in [1.165, 1.54) is 0 Å². The van der Waals surface area contributed by atoms with E-state index in [0.29, 0.717) is 11.6 Å². The predicted molar refractivity (Wildman–Crippen MR) is 95.1 cm³/mol. The van der Waals surface area contributed by atoms with Crippen molar-refractivity contribution in [1.29, 1.82) is 0 Å². The fourth-order valence-electron chi connectivity index (χ4n) is 3.84. The molecule has 23 heavy (non-hydrogen) atoms. The number of carbonyl (C=O) groups excluding carboxylic acids is 2. The van der Waals surface area contributed by atoms with Crippen LogP contribution in [0.3, 0.4) is 0 Å². The van der Waals surface area contributed by atoms with E-state index in [2.05, 4.69) is 39.9 Å². The topological polar surface area (TPSA) is 58.6 Å². The highest BCUT2D eigenvalue weighted by Gasteiger charge is 2.50. The van der Waals surface area contributed by atoms with E-state index in [1.54, 1.807) is 19.2 Å². The van der Waals surface area contributed by atoms with Crippen molar-refractivity contribution >= 4 is 34.5 Å². The highest BCUT2D eigenvalue weighted by atomic mass is 127. The lowest BCUT2D eigenvalue weighted by Gasteiger charge is -2.41. The van der Waals surface area contributed by atoms with Gasteiger partial charge >= 0.3 is 5.97 Å². The van der Waals surface area contributed by atoms with Gasteiger partial charge in [-0.25, -0.2) is 4.79 Å². The summed E-state index contributed by atoms with van der Waals surface area (Å²) < 4.78 is 6.82. The molecule has 2 aliphatic rings. The second-order valence-corrected chi connectivity index (χ2v) is 7.54. The van der Waals surface area contributed by atoms with Gasteiger partial charge in [0.25, 0.3) is 0 Å². The van der Waals surface area contributed by atoms with Crippen molar-refractivity contribution in [2.45, 2.75) is 37.5 Å². The average molecular weight is 428 g/mol. The van der Waals surface area contributed by atoms with Crippen molar-refractivity contribution in [2.24, 2.45) is 5.92 Å². The van der Waals surface area contributed by atoms with Gasteiger partial charge in [-0.1, -0.05) is 0 Å². The number of nitrogens with one attached hydrogen (secondary N) is 1. The molecule has 2 saturated heterocycles. The second-order valence-electron chi connectivity index (χ2n) is 6.29. The van der Waals surface area contributed by atoms with Crippen LogP contribution in [-0.4, -0.2) is 49.1 Å². The Morgan fingerprint density at radius 2 is 1.96 bits per heavy atom. The van der Waals surface area contributed by atoms with Gasteiger partial charge in [0, 0.05) is 29.1 Å². The number of rotatable bonds is 3. The zero-order chi connectivity index (χ0) is 16.6. The van der Waals surface area contributed by atoms with Crippen LogP contribution in [0, 0.1) is 9.49 Å². The number of esters is 1. The molecule has 0 radical (unpaired) electrons. The van der Waals surface area contributed by atoms with Crippen LogP contribution in [0.2, 0.25) is 0 Å². The van der Waals surface area contributed by atoms with E-state index < -0.39 is 0 Å². The first kappa shape index (κ1) is 16.7. The maximum absolute atomic E-state index is 12.4. The molecule has 124 valence electrons. The number of halogens is 1. The molecule has 5 nitrogen and oxygen atoms in total. The first-order valence-corrected chi connectivity index (χ1v) is 8.99. The van der Waals surface area contributed by atoms with Crippen LogP contribution in [0.1, 0.15) is 29.6 Å². The lowest BCUT2D eigenvalue weighted by Crippen LogP contribution is -2.55. The largest absolute Gasteiger partial charge is 0.458 e. The molecule has 2 bridgehead atoms. The minimum absolute atomic E-state index is 0.0392. The van der Waals surface area contributed by atoms with Crippen LogP contribution in [0.15, 0.2) is 24.3 Å². The number of ether oxygens (including phenoxy) is 1. The monoisotopic (exact) mass is 428 g/mol. The van der Waals surface area contributed by atoms with E-state index in [9.17, 15) is 9.59 Å². The molecular weight excluding hydrogens is 407 g/mol. The summed E-state index contributed by atoms with van der Waals surface area (Å²) in [6.07, 6.45) is 2.42. The quantitative estimate of drug-likeness (QED) is 0.592. The van der Waals surface area contributed by atoms with Crippen molar-refractivity contribution in [2.75, 3.05) is 14.1 Å². The maximum Gasteiger partial charge on any atom is 0.338 e. The van der Waals surface area contributed by atoms with Crippen molar-refractivity contribution < 1.29 is 14.3 Å². The zero-order valence-corrected chi connectivity index (χ0v) is 15.4. The van der Waals surface area contributed by atoms with Gasteiger partial charge in [0.05, 0.1) is 11.5 Å². The first-order valence-electron chi connectivity index (χ1n) is 7.91. The molecule has 0 aromatic heterocycles. The Labute approximate surface area is 149 Å². The number of nitrogens with zero attached hydrogens (tertiary/aromatic N) is 1. The minimum atomic E-state index is -0.351. The molecule has 0 unspecified atom stereocenters. The molecule has 6 heteroatoms. The van der Waals surface area contributed by atoms with Crippen LogP contribution >= 0.6 is 22.6 Å².